The zero-order chi connectivity index (χ0) is 7.64. The minimum Gasteiger partial charge on any atom is -0.396 e. The summed E-state index contributed by atoms with van der Waals surface area (Å²) in [6.45, 7) is 2.85. The molecule has 3 fully saturated rings. The SMILES string of the molecule is CC1C2C[C@H]3C[C@]12CC3CO. The van der Waals surface area contributed by atoms with Crippen molar-refractivity contribution in [1.82, 2.24) is 0 Å². The van der Waals surface area contributed by atoms with Crippen molar-refractivity contribution in [2.45, 2.75) is 26.2 Å². The number of rotatable bonds is 1. The Balaban J connectivity index is 1.87. The van der Waals surface area contributed by atoms with Gasteiger partial charge in [-0.15, -0.1) is 0 Å². The van der Waals surface area contributed by atoms with Crippen LogP contribution in [-0.4, -0.2) is 11.7 Å². The molecule has 3 rings (SSSR count). The maximum absolute atomic E-state index is 9.11. The molecule has 3 aliphatic carbocycles. The standard InChI is InChI=1S/C10H16O/c1-6-9-2-7-3-10(6,9)4-8(7)5-11/h6-9,11H,2-5H2,1H3/t6?,7-,8?,9?,10-/m0/s1. The molecule has 11 heavy (non-hydrogen) atoms. The quantitative estimate of drug-likeness (QED) is 0.606. The molecule has 2 bridgehead atoms. The van der Waals surface area contributed by atoms with Crippen LogP contribution in [0.3, 0.4) is 0 Å². The molecule has 0 aromatic carbocycles. The zero-order valence-electron chi connectivity index (χ0n) is 7.09. The molecule has 3 unspecified atom stereocenters. The topological polar surface area (TPSA) is 20.2 Å². The molecule has 0 aromatic rings. The van der Waals surface area contributed by atoms with Crippen LogP contribution in [0, 0.1) is 29.1 Å². The van der Waals surface area contributed by atoms with Crippen LogP contribution in [0.2, 0.25) is 0 Å². The van der Waals surface area contributed by atoms with E-state index in [1.54, 1.807) is 0 Å². The minimum absolute atomic E-state index is 0.450. The fourth-order valence-corrected chi connectivity index (χ4v) is 4.12. The van der Waals surface area contributed by atoms with E-state index in [9.17, 15) is 0 Å². The molecular weight excluding hydrogens is 136 g/mol. The van der Waals surface area contributed by atoms with Crippen LogP contribution in [0.15, 0.2) is 0 Å². The predicted molar refractivity (Wildman–Crippen MR) is 43.0 cm³/mol. The van der Waals surface area contributed by atoms with Crippen molar-refractivity contribution >= 4 is 0 Å². The number of aliphatic hydroxyl groups excluding tert-OH is 1. The second-order valence-corrected chi connectivity index (χ2v) is 4.98. The van der Waals surface area contributed by atoms with E-state index in [1.807, 2.05) is 0 Å². The van der Waals surface area contributed by atoms with Gasteiger partial charge in [0, 0.05) is 6.61 Å². The van der Waals surface area contributed by atoms with Gasteiger partial charge in [0.25, 0.3) is 0 Å². The Hall–Kier alpha value is -0.0400. The summed E-state index contributed by atoms with van der Waals surface area (Å²) in [6.07, 6.45) is 4.23. The lowest BCUT2D eigenvalue weighted by Gasteiger charge is -2.17. The smallest absolute Gasteiger partial charge is 0.0462 e. The third kappa shape index (κ3) is 0.547. The third-order valence-corrected chi connectivity index (χ3v) is 4.88. The highest BCUT2D eigenvalue weighted by Crippen LogP contribution is 2.77. The van der Waals surface area contributed by atoms with E-state index in [0.717, 1.165) is 23.2 Å². The lowest BCUT2D eigenvalue weighted by atomic mass is 9.90. The molecule has 0 saturated heterocycles. The highest BCUT2D eigenvalue weighted by atomic mass is 16.3. The van der Waals surface area contributed by atoms with Gasteiger partial charge in [-0.25, -0.2) is 0 Å². The van der Waals surface area contributed by atoms with E-state index in [2.05, 4.69) is 6.92 Å². The van der Waals surface area contributed by atoms with Gasteiger partial charge in [-0.2, -0.15) is 0 Å². The van der Waals surface area contributed by atoms with Crippen molar-refractivity contribution in [2.24, 2.45) is 29.1 Å². The average Bonchev–Trinajstić information content (AvgIpc) is 2.46. The van der Waals surface area contributed by atoms with Gasteiger partial charge in [0.2, 0.25) is 0 Å². The van der Waals surface area contributed by atoms with Gasteiger partial charge in [-0.1, -0.05) is 6.92 Å². The highest BCUT2D eigenvalue weighted by Gasteiger charge is 2.71. The first-order chi connectivity index (χ1) is 5.28. The maximum Gasteiger partial charge on any atom is 0.0462 e. The molecule has 0 aromatic heterocycles. The van der Waals surface area contributed by atoms with Crippen LogP contribution < -0.4 is 0 Å². The van der Waals surface area contributed by atoms with Gasteiger partial charge in [-0.3, -0.25) is 0 Å². The van der Waals surface area contributed by atoms with Gasteiger partial charge < -0.3 is 5.11 Å². The molecule has 1 heteroatoms. The molecular formula is C10H16O. The van der Waals surface area contributed by atoms with Crippen LogP contribution in [0.1, 0.15) is 26.2 Å². The van der Waals surface area contributed by atoms with Crippen LogP contribution in [0.5, 0.6) is 0 Å². The Kier molecular flexibility index (Phi) is 0.976. The minimum atomic E-state index is 0.450. The van der Waals surface area contributed by atoms with Crippen molar-refractivity contribution < 1.29 is 5.11 Å². The lowest BCUT2D eigenvalue weighted by Crippen LogP contribution is -2.14. The number of hydrogen-bond acceptors (Lipinski definition) is 1. The van der Waals surface area contributed by atoms with Crippen molar-refractivity contribution in [3.63, 3.8) is 0 Å². The van der Waals surface area contributed by atoms with Crippen molar-refractivity contribution in [1.29, 1.82) is 0 Å². The number of hydrogen-bond donors (Lipinski definition) is 1. The molecule has 62 valence electrons. The summed E-state index contributed by atoms with van der Waals surface area (Å²) in [5.41, 5.74) is 0.748. The molecule has 1 N–H and O–H groups in total. The first kappa shape index (κ1) is 6.47. The lowest BCUT2D eigenvalue weighted by molar-refractivity contribution is 0.175. The summed E-state index contributed by atoms with van der Waals surface area (Å²) < 4.78 is 0. The number of fused-ring (bicyclic) bond motifs is 1. The summed E-state index contributed by atoms with van der Waals surface area (Å²) in [4.78, 5) is 0. The molecule has 0 amide bonds. The van der Waals surface area contributed by atoms with E-state index < -0.39 is 0 Å². The van der Waals surface area contributed by atoms with E-state index in [0.29, 0.717) is 12.5 Å². The van der Waals surface area contributed by atoms with Gasteiger partial charge in [-0.05, 0) is 48.3 Å². The maximum atomic E-state index is 9.11. The van der Waals surface area contributed by atoms with Gasteiger partial charge in [0.1, 0.15) is 0 Å². The second-order valence-electron chi connectivity index (χ2n) is 4.98. The molecule has 5 atom stereocenters. The Morgan fingerprint density at radius 1 is 1.45 bits per heavy atom. The number of aliphatic hydroxyl groups is 1. The first-order valence-electron chi connectivity index (χ1n) is 4.89. The molecule has 1 spiro atoms. The van der Waals surface area contributed by atoms with Crippen molar-refractivity contribution in [3.05, 3.63) is 0 Å². The van der Waals surface area contributed by atoms with Gasteiger partial charge in [0.15, 0.2) is 0 Å². The van der Waals surface area contributed by atoms with Crippen LogP contribution in [-0.2, 0) is 0 Å². The van der Waals surface area contributed by atoms with Gasteiger partial charge >= 0.3 is 0 Å². The molecule has 1 nitrogen and oxygen atoms in total. The van der Waals surface area contributed by atoms with E-state index in [-0.39, 0.29) is 0 Å². The van der Waals surface area contributed by atoms with Crippen LogP contribution in [0.25, 0.3) is 0 Å². The average molecular weight is 152 g/mol. The molecule has 0 heterocycles. The van der Waals surface area contributed by atoms with Gasteiger partial charge in [0.05, 0.1) is 0 Å². The Bertz CT molecular complexity index is 201. The Morgan fingerprint density at radius 2 is 2.27 bits per heavy atom. The summed E-state index contributed by atoms with van der Waals surface area (Å²) >= 11 is 0. The fourth-order valence-electron chi connectivity index (χ4n) is 4.12. The molecule has 3 saturated carbocycles. The van der Waals surface area contributed by atoms with E-state index >= 15 is 0 Å². The third-order valence-electron chi connectivity index (χ3n) is 4.88. The molecule has 0 radical (unpaired) electrons. The Labute approximate surface area is 67.8 Å². The Morgan fingerprint density at radius 3 is 2.82 bits per heavy atom. The predicted octanol–water partition coefficient (Wildman–Crippen LogP) is 1.66. The van der Waals surface area contributed by atoms with Crippen molar-refractivity contribution in [3.8, 4) is 0 Å². The summed E-state index contributed by atoms with van der Waals surface area (Å²) in [6, 6.07) is 0. The van der Waals surface area contributed by atoms with Crippen molar-refractivity contribution in [2.75, 3.05) is 6.61 Å². The summed E-state index contributed by atoms with van der Waals surface area (Å²) in [7, 11) is 0. The largest absolute Gasteiger partial charge is 0.396 e. The molecule has 0 aliphatic heterocycles. The van der Waals surface area contributed by atoms with Crippen LogP contribution >= 0.6 is 0 Å². The summed E-state index contributed by atoms with van der Waals surface area (Å²) in [5.74, 6) is 3.64. The van der Waals surface area contributed by atoms with E-state index in [1.165, 1.54) is 19.3 Å². The van der Waals surface area contributed by atoms with E-state index in [4.69, 9.17) is 5.11 Å². The monoisotopic (exact) mass is 152 g/mol. The highest BCUT2D eigenvalue weighted by molar-refractivity contribution is 5.19. The summed E-state index contributed by atoms with van der Waals surface area (Å²) in [5, 5.41) is 9.11. The molecule has 3 aliphatic rings. The normalized spacial score (nSPS) is 64.9. The zero-order valence-corrected chi connectivity index (χ0v) is 7.09. The van der Waals surface area contributed by atoms with Crippen LogP contribution in [0.4, 0.5) is 0 Å². The second kappa shape index (κ2) is 1.66. The fraction of sp³-hybridized carbons (Fsp3) is 1.00. The first-order valence-corrected chi connectivity index (χ1v) is 4.89.